The van der Waals surface area contributed by atoms with Crippen molar-refractivity contribution in [2.45, 2.75) is 25.9 Å². The predicted octanol–water partition coefficient (Wildman–Crippen LogP) is 0.339. The first-order valence-electron chi connectivity index (χ1n) is 5.50. The van der Waals surface area contributed by atoms with Crippen LogP contribution in [0.5, 0.6) is 0 Å². The van der Waals surface area contributed by atoms with E-state index in [1.807, 2.05) is 16.9 Å². The Balaban J connectivity index is 2.16. The Morgan fingerprint density at radius 1 is 1.56 bits per heavy atom. The van der Waals surface area contributed by atoms with Crippen LogP contribution in [0.4, 0.5) is 0 Å². The maximum atomic E-state index is 11.3. The number of nitrogens with zero attached hydrogens (tertiary/aromatic N) is 3. The fourth-order valence-corrected chi connectivity index (χ4v) is 1.40. The van der Waals surface area contributed by atoms with Gasteiger partial charge in [0.25, 0.3) is 0 Å². The van der Waals surface area contributed by atoms with E-state index in [9.17, 15) is 4.79 Å². The van der Waals surface area contributed by atoms with Gasteiger partial charge in [-0.05, 0) is 13.0 Å². The van der Waals surface area contributed by atoms with E-state index in [1.54, 1.807) is 25.2 Å². The minimum absolute atomic E-state index is 0.152. The van der Waals surface area contributed by atoms with Crippen LogP contribution in [0.25, 0.3) is 0 Å². The molecule has 0 unspecified atom stereocenters. The summed E-state index contributed by atoms with van der Waals surface area (Å²) in [5.41, 5.74) is 0. The SMILES string of the molecule is C[C@@H](Cn1cccn1)NCCC(=O)N(C)C. The van der Waals surface area contributed by atoms with Crippen LogP contribution >= 0.6 is 0 Å². The lowest BCUT2D eigenvalue weighted by molar-refractivity contribution is -0.128. The van der Waals surface area contributed by atoms with Gasteiger partial charge in [-0.3, -0.25) is 9.48 Å². The van der Waals surface area contributed by atoms with Crippen LogP contribution in [-0.2, 0) is 11.3 Å². The number of rotatable bonds is 6. The Bertz CT molecular complexity index is 308. The number of carbonyl (C=O) groups excluding carboxylic acids is 1. The number of aromatic nitrogens is 2. The molecule has 1 N–H and O–H groups in total. The largest absolute Gasteiger partial charge is 0.349 e. The molecule has 5 heteroatoms. The van der Waals surface area contributed by atoms with E-state index in [2.05, 4.69) is 17.3 Å². The van der Waals surface area contributed by atoms with Crippen molar-refractivity contribution in [3.8, 4) is 0 Å². The van der Waals surface area contributed by atoms with Gasteiger partial charge in [0.15, 0.2) is 0 Å². The molecule has 0 saturated heterocycles. The molecule has 16 heavy (non-hydrogen) atoms. The van der Waals surface area contributed by atoms with Gasteiger partial charge in [-0.25, -0.2) is 0 Å². The topological polar surface area (TPSA) is 50.2 Å². The Morgan fingerprint density at radius 2 is 2.31 bits per heavy atom. The van der Waals surface area contributed by atoms with Gasteiger partial charge in [-0.15, -0.1) is 0 Å². The van der Waals surface area contributed by atoms with E-state index in [4.69, 9.17) is 0 Å². The highest BCUT2D eigenvalue weighted by atomic mass is 16.2. The molecule has 1 amide bonds. The summed E-state index contributed by atoms with van der Waals surface area (Å²) in [6, 6.07) is 2.22. The fraction of sp³-hybridized carbons (Fsp3) is 0.636. The van der Waals surface area contributed by atoms with Crippen molar-refractivity contribution in [2.75, 3.05) is 20.6 Å². The molecule has 1 rings (SSSR count). The van der Waals surface area contributed by atoms with E-state index in [-0.39, 0.29) is 5.91 Å². The lowest BCUT2D eigenvalue weighted by Gasteiger charge is -2.15. The smallest absolute Gasteiger partial charge is 0.223 e. The van der Waals surface area contributed by atoms with Crippen LogP contribution in [0.3, 0.4) is 0 Å². The van der Waals surface area contributed by atoms with Crippen molar-refractivity contribution < 1.29 is 4.79 Å². The molecule has 1 aromatic heterocycles. The predicted molar refractivity (Wildman–Crippen MR) is 63.0 cm³/mol. The first kappa shape index (κ1) is 12.7. The molecule has 5 nitrogen and oxygen atoms in total. The Labute approximate surface area is 96.4 Å². The summed E-state index contributed by atoms with van der Waals surface area (Å²) < 4.78 is 1.88. The zero-order chi connectivity index (χ0) is 12.0. The Kier molecular flexibility index (Phi) is 4.98. The molecule has 0 fully saturated rings. The summed E-state index contributed by atoms with van der Waals surface area (Å²) >= 11 is 0. The Hall–Kier alpha value is -1.36. The molecule has 0 aliphatic carbocycles. The van der Waals surface area contributed by atoms with Crippen LogP contribution in [0.2, 0.25) is 0 Å². The highest BCUT2D eigenvalue weighted by Crippen LogP contribution is 1.92. The molecule has 0 bridgehead atoms. The first-order valence-corrected chi connectivity index (χ1v) is 5.50. The van der Waals surface area contributed by atoms with Gasteiger partial charge in [0.05, 0.1) is 6.54 Å². The zero-order valence-corrected chi connectivity index (χ0v) is 10.2. The van der Waals surface area contributed by atoms with Gasteiger partial charge >= 0.3 is 0 Å². The van der Waals surface area contributed by atoms with Crippen molar-refractivity contribution in [3.05, 3.63) is 18.5 Å². The molecule has 0 spiro atoms. The molecule has 0 aromatic carbocycles. The molecule has 1 aromatic rings. The van der Waals surface area contributed by atoms with Crippen molar-refractivity contribution in [1.29, 1.82) is 0 Å². The zero-order valence-electron chi connectivity index (χ0n) is 10.2. The quantitative estimate of drug-likeness (QED) is 0.758. The molecular weight excluding hydrogens is 204 g/mol. The van der Waals surface area contributed by atoms with Gasteiger partial charge in [0.2, 0.25) is 5.91 Å². The normalized spacial score (nSPS) is 12.4. The maximum Gasteiger partial charge on any atom is 0.223 e. The number of carbonyl (C=O) groups is 1. The molecule has 1 heterocycles. The fourth-order valence-electron chi connectivity index (χ4n) is 1.40. The highest BCUT2D eigenvalue weighted by Gasteiger charge is 2.06. The Morgan fingerprint density at radius 3 is 2.88 bits per heavy atom. The van der Waals surface area contributed by atoms with E-state index < -0.39 is 0 Å². The summed E-state index contributed by atoms with van der Waals surface area (Å²) in [6.45, 7) is 3.62. The third kappa shape index (κ3) is 4.44. The van der Waals surface area contributed by atoms with Crippen LogP contribution in [0.1, 0.15) is 13.3 Å². The molecule has 0 radical (unpaired) electrons. The minimum Gasteiger partial charge on any atom is -0.349 e. The standard InChI is InChI=1S/C11H20N4O/c1-10(9-15-8-4-6-13-15)12-7-5-11(16)14(2)3/h4,6,8,10,12H,5,7,9H2,1-3H3/t10-/m0/s1. The van der Waals surface area contributed by atoms with Gasteiger partial charge in [-0.1, -0.05) is 0 Å². The van der Waals surface area contributed by atoms with E-state index >= 15 is 0 Å². The van der Waals surface area contributed by atoms with Crippen LogP contribution in [0.15, 0.2) is 18.5 Å². The molecule has 90 valence electrons. The highest BCUT2D eigenvalue weighted by molar-refractivity contribution is 5.75. The van der Waals surface area contributed by atoms with Crippen molar-refractivity contribution >= 4 is 5.91 Å². The van der Waals surface area contributed by atoms with Gasteiger partial charge in [0, 0.05) is 45.5 Å². The third-order valence-corrected chi connectivity index (χ3v) is 2.35. The lowest BCUT2D eigenvalue weighted by Crippen LogP contribution is -2.34. The average Bonchev–Trinajstić information content (AvgIpc) is 2.70. The molecule has 0 aliphatic rings. The molecule has 1 atom stereocenters. The van der Waals surface area contributed by atoms with Crippen LogP contribution in [0, 0.1) is 0 Å². The summed E-state index contributed by atoms with van der Waals surface area (Å²) in [4.78, 5) is 12.9. The van der Waals surface area contributed by atoms with Gasteiger partial charge in [-0.2, -0.15) is 5.10 Å². The average molecular weight is 224 g/mol. The molecule has 0 aliphatic heterocycles. The molecular formula is C11H20N4O. The summed E-state index contributed by atoms with van der Waals surface area (Å²) in [5.74, 6) is 0.152. The number of amides is 1. The van der Waals surface area contributed by atoms with Gasteiger partial charge in [0.1, 0.15) is 0 Å². The number of nitrogens with one attached hydrogen (secondary N) is 1. The maximum absolute atomic E-state index is 11.3. The van der Waals surface area contributed by atoms with Crippen LogP contribution in [-0.4, -0.2) is 47.3 Å². The second-order valence-corrected chi connectivity index (χ2v) is 4.12. The van der Waals surface area contributed by atoms with E-state index in [1.165, 1.54) is 0 Å². The van der Waals surface area contributed by atoms with Crippen molar-refractivity contribution in [3.63, 3.8) is 0 Å². The summed E-state index contributed by atoms with van der Waals surface area (Å²) in [7, 11) is 3.55. The second-order valence-electron chi connectivity index (χ2n) is 4.12. The van der Waals surface area contributed by atoms with E-state index in [0.29, 0.717) is 19.0 Å². The summed E-state index contributed by atoms with van der Waals surface area (Å²) in [6.07, 6.45) is 4.24. The van der Waals surface area contributed by atoms with Crippen molar-refractivity contribution in [1.82, 2.24) is 20.0 Å². The second kappa shape index (κ2) is 6.27. The van der Waals surface area contributed by atoms with Crippen LogP contribution < -0.4 is 5.32 Å². The summed E-state index contributed by atoms with van der Waals surface area (Å²) in [5, 5.41) is 7.43. The number of hydrogen-bond donors (Lipinski definition) is 1. The molecule has 0 saturated carbocycles. The van der Waals surface area contributed by atoms with Gasteiger partial charge < -0.3 is 10.2 Å². The number of hydrogen-bond acceptors (Lipinski definition) is 3. The third-order valence-electron chi connectivity index (χ3n) is 2.35. The minimum atomic E-state index is 0.152. The van der Waals surface area contributed by atoms with E-state index in [0.717, 1.165) is 6.54 Å². The van der Waals surface area contributed by atoms with Crippen molar-refractivity contribution in [2.24, 2.45) is 0 Å². The monoisotopic (exact) mass is 224 g/mol. The lowest BCUT2D eigenvalue weighted by atomic mass is 10.3. The first-order chi connectivity index (χ1) is 7.59.